The van der Waals surface area contributed by atoms with Gasteiger partial charge in [0.25, 0.3) is 0 Å². The Hall–Kier alpha value is -2.16. The zero-order chi connectivity index (χ0) is 16.8. The van der Waals surface area contributed by atoms with Gasteiger partial charge in [-0.25, -0.2) is 0 Å². The van der Waals surface area contributed by atoms with Crippen molar-refractivity contribution in [3.05, 3.63) is 29.0 Å². The molecule has 5 nitrogen and oxygen atoms in total. The van der Waals surface area contributed by atoms with E-state index in [1.165, 1.54) is 23.4 Å². The number of hydrogen-bond acceptors (Lipinski definition) is 6. The van der Waals surface area contributed by atoms with Crippen LogP contribution in [0.1, 0.15) is 22.9 Å². The number of aromatic nitrogens is 1. The predicted octanol–water partition coefficient (Wildman–Crippen LogP) is 3.90. The fraction of sp³-hybridized carbons (Fsp3) is 0.286. The molecule has 23 heavy (non-hydrogen) atoms. The first-order valence-corrected chi connectivity index (χ1v) is 7.57. The fourth-order valence-electron chi connectivity index (χ4n) is 2.49. The minimum absolute atomic E-state index is 0.0629. The highest BCUT2D eigenvalue weighted by Gasteiger charge is 2.43. The molecule has 1 unspecified atom stereocenters. The number of aryl methyl sites for hydroxylation is 1. The number of rotatable bonds is 2. The lowest BCUT2D eigenvalue weighted by atomic mass is 9.97. The smallest absolute Gasteiger partial charge is 0.437 e. The summed E-state index contributed by atoms with van der Waals surface area (Å²) in [5.41, 5.74) is 0.550. The number of hydrogen-bond donors (Lipinski definition) is 2. The maximum Gasteiger partial charge on any atom is 0.437 e. The van der Waals surface area contributed by atoms with Crippen LogP contribution in [0, 0.1) is 6.92 Å². The molecular formula is C14H11F3N2O3S. The van der Waals surface area contributed by atoms with Crippen molar-refractivity contribution in [2.75, 3.05) is 5.75 Å². The van der Waals surface area contributed by atoms with E-state index in [0.29, 0.717) is 11.3 Å². The Morgan fingerprint density at radius 1 is 1.30 bits per heavy atom. The van der Waals surface area contributed by atoms with Crippen molar-refractivity contribution in [2.45, 2.75) is 19.1 Å². The van der Waals surface area contributed by atoms with Crippen LogP contribution in [0.3, 0.4) is 0 Å². The number of phenols is 2. The van der Waals surface area contributed by atoms with Crippen molar-refractivity contribution in [1.29, 1.82) is 0 Å². The van der Waals surface area contributed by atoms with Crippen LogP contribution in [0.25, 0.3) is 11.3 Å². The molecule has 9 heteroatoms. The third kappa shape index (κ3) is 2.76. The molecule has 0 bridgehead atoms. The summed E-state index contributed by atoms with van der Waals surface area (Å²) in [7, 11) is 0. The molecular weight excluding hydrogens is 333 g/mol. The second-order valence-corrected chi connectivity index (χ2v) is 5.91. The van der Waals surface area contributed by atoms with E-state index in [9.17, 15) is 23.4 Å². The van der Waals surface area contributed by atoms with Crippen LogP contribution in [-0.4, -0.2) is 26.7 Å². The molecule has 1 aromatic heterocycles. The Morgan fingerprint density at radius 2 is 2.04 bits per heavy atom. The topological polar surface area (TPSA) is 78.9 Å². The molecule has 1 atom stereocenters. The summed E-state index contributed by atoms with van der Waals surface area (Å²) >= 11 is 1.28. The van der Waals surface area contributed by atoms with Gasteiger partial charge in [0.2, 0.25) is 0 Å². The van der Waals surface area contributed by atoms with Crippen molar-refractivity contribution in [3.63, 3.8) is 0 Å². The third-order valence-corrected chi connectivity index (χ3v) is 4.20. The first-order valence-electron chi connectivity index (χ1n) is 6.52. The molecule has 2 N–H and O–H groups in total. The highest BCUT2D eigenvalue weighted by Crippen LogP contribution is 2.46. The van der Waals surface area contributed by atoms with Gasteiger partial charge in [0, 0.05) is 11.8 Å². The van der Waals surface area contributed by atoms with Crippen molar-refractivity contribution in [1.82, 2.24) is 5.16 Å². The van der Waals surface area contributed by atoms with Gasteiger partial charge in [-0.15, -0.1) is 11.8 Å². The van der Waals surface area contributed by atoms with Gasteiger partial charge in [-0.05, 0) is 18.6 Å². The van der Waals surface area contributed by atoms with Gasteiger partial charge in [0.1, 0.15) is 11.5 Å². The molecule has 0 amide bonds. The highest BCUT2D eigenvalue weighted by molar-refractivity contribution is 8.12. The van der Waals surface area contributed by atoms with Crippen LogP contribution >= 0.6 is 11.8 Å². The fourth-order valence-corrected chi connectivity index (χ4v) is 3.24. The van der Waals surface area contributed by atoms with E-state index in [2.05, 4.69) is 10.1 Å². The van der Waals surface area contributed by atoms with Crippen LogP contribution in [0.2, 0.25) is 0 Å². The van der Waals surface area contributed by atoms with E-state index in [-0.39, 0.29) is 28.4 Å². The maximum absolute atomic E-state index is 13.2. The molecule has 0 saturated carbocycles. The monoisotopic (exact) mass is 344 g/mol. The van der Waals surface area contributed by atoms with Gasteiger partial charge in [0.05, 0.1) is 22.7 Å². The average molecular weight is 344 g/mol. The number of phenolic OH excluding ortho intramolecular Hbond substituents is 2. The van der Waals surface area contributed by atoms with Crippen LogP contribution in [-0.2, 0) is 6.18 Å². The summed E-state index contributed by atoms with van der Waals surface area (Å²) in [5.74, 6) is -0.439. The lowest BCUT2D eigenvalue weighted by molar-refractivity contribution is -0.143. The number of thioether (sulfide) groups is 1. The van der Waals surface area contributed by atoms with E-state index in [1.54, 1.807) is 6.92 Å². The number of aromatic hydroxyl groups is 2. The Balaban J connectivity index is 2.25. The molecule has 0 aliphatic carbocycles. The minimum Gasteiger partial charge on any atom is -0.508 e. The minimum atomic E-state index is -4.69. The third-order valence-electron chi connectivity index (χ3n) is 3.43. The van der Waals surface area contributed by atoms with E-state index in [4.69, 9.17) is 4.52 Å². The van der Waals surface area contributed by atoms with E-state index in [1.807, 2.05) is 0 Å². The molecule has 122 valence electrons. The second kappa shape index (κ2) is 5.48. The quantitative estimate of drug-likeness (QED) is 0.864. The summed E-state index contributed by atoms with van der Waals surface area (Å²) in [4.78, 5) is 4.02. The lowest BCUT2D eigenvalue weighted by Gasteiger charge is -2.12. The summed E-state index contributed by atoms with van der Waals surface area (Å²) in [6.45, 7) is 1.54. The van der Waals surface area contributed by atoms with Gasteiger partial charge < -0.3 is 14.7 Å². The summed E-state index contributed by atoms with van der Waals surface area (Å²) in [6, 6.07) is 1.60. The molecule has 0 radical (unpaired) electrons. The van der Waals surface area contributed by atoms with Gasteiger partial charge >= 0.3 is 6.18 Å². The lowest BCUT2D eigenvalue weighted by Crippen LogP contribution is -2.11. The molecule has 0 spiro atoms. The molecule has 3 rings (SSSR count). The molecule has 1 aliphatic heterocycles. The summed E-state index contributed by atoms with van der Waals surface area (Å²) in [6.07, 6.45) is -4.69. The molecule has 1 aliphatic rings. The average Bonchev–Trinajstić information content (AvgIpc) is 3.03. The van der Waals surface area contributed by atoms with Crippen LogP contribution in [0.4, 0.5) is 13.2 Å². The first-order chi connectivity index (χ1) is 10.8. The number of nitrogens with zero attached hydrogens (tertiary/aromatic N) is 2. The van der Waals surface area contributed by atoms with Crippen molar-refractivity contribution >= 4 is 17.3 Å². The van der Waals surface area contributed by atoms with E-state index >= 15 is 0 Å². The van der Waals surface area contributed by atoms with Gasteiger partial charge in [-0.3, -0.25) is 4.99 Å². The molecule has 0 fully saturated rings. The van der Waals surface area contributed by atoms with Crippen LogP contribution in [0.15, 0.2) is 21.6 Å². The number of halogens is 3. The van der Waals surface area contributed by atoms with Gasteiger partial charge in [0.15, 0.2) is 11.5 Å². The standard InChI is InChI=1S/C14H11F3N2O3S/c1-6-2-7(20)3-9(21)10(6)12-11(8-4-23-5-18-8)13(19-22-12)14(15,16)17/h2-3,5,8,20-21H,4H2,1H3. The molecule has 2 heterocycles. The second-order valence-electron chi connectivity index (χ2n) is 5.03. The normalized spacial score (nSPS) is 17.8. The summed E-state index contributed by atoms with van der Waals surface area (Å²) in [5, 5.41) is 22.7. The zero-order valence-electron chi connectivity index (χ0n) is 11.8. The van der Waals surface area contributed by atoms with Crippen molar-refractivity contribution < 1.29 is 27.9 Å². The van der Waals surface area contributed by atoms with Crippen LogP contribution < -0.4 is 0 Å². The first kappa shape index (κ1) is 15.7. The number of benzene rings is 1. The van der Waals surface area contributed by atoms with Crippen molar-refractivity contribution in [3.8, 4) is 22.8 Å². The Kier molecular flexibility index (Phi) is 3.75. The number of aliphatic imine (C=N–C) groups is 1. The predicted molar refractivity (Wildman–Crippen MR) is 78.7 cm³/mol. The Labute approximate surface area is 132 Å². The molecule has 2 aromatic rings. The SMILES string of the molecule is Cc1cc(O)cc(O)c1-c1onc(C(F)(F)F)c1C1CSC=N1. The molecule has 1 aromatic carbocycles. The summed E-state index contributed by atoms with van der Waals surface area (Å²) < 4.78 is 44.6. The highest BCUT2D eigenvalue weighted by atomic mass is 32.2. The molecule has 0 saturated heterocycles. The van der Waals surface area contributed by atoms with Gasteiger partial charge in [-0.2, -0.15) is 13.2 Å². The largest absolute Gasteiger partial charge is 0.508 e. The van der Waals surface area contributed by atoms with Crippen LogP contribution in [0.5, 0.6) is 11.5 Å². The van der Waals surface area contributed by atoms with Crippen molar-refractivity contribution in [2.24, 2.45) is 4.99 Å². The van der Waals surface area contributed by atoms with Gasteiger partial charge in [-0.1, -0.05) is 5.16 Å². The van der Waals surface area contributed by atoms with E-state index < -0.39 is 17.9 Å². The zero-order valence-corrected chi connectivity index (χ0v) is 12.6. The van der Waals surface area contributed by atoms with E-state index in [0.717, 1.165) is 6.07 Å². The maximum atomic E-state index is 13.2. The Bertz CT molecular complexity index is 763. The number of alkyl halides is 3. The Morgan fingerprint density at radius 3 is 2.61 bits per heavy atom.